The summed E-state index contributed by atoms with van der Waals surface area (Å²) in [6.45, 7) is 3.31. The number of ether oxygens (including phenoxy) is 1. The van der Waals surface area contributed by atoms with E-state index in [4.69, 9.17) is 10.1 Å². The van der Waals surface area contributed by atoms with Crippen LogP contribution in [0.3, 0.4) is 0 Å². The van der Waals surface area contributed by atoms with E-state index >= 15 is 0 Å². The Hall–Kier alpha value is -3.47. The van der Waals surface area contributed by atoms with Gasteiger partial charge in [-0.15, -0.1) is 0 Å². The second-order valence-electron chi connectivity index (χ2n) is 7.33. The van der Waals surface area contributed by atoms with Gasteiger partial charge in [0, 0.05) is 24.4 Å². The van der Waals surface area contributed by atoms with Crippen molar-refractivity contribution in [3.8, 4) is 11.1 Å². The summed E-state index contributed by atoms with van der Waals surface area (Å²) in [6.07, 6.45) is -2.36. The number of aromatic nitrogens is 3. The van der Waals surface area contributed by atoms with Gasteiger partial charge in [-0.2, -0.15) is 18.3 Å². The van der Waals surface area contributed by atoms with E-state index in [9.17, 15) is 17.6 Å². The first-order chi connectivity index (χ1) is 15.3. The molecule has 3 aromatic rings. The number of hydrogen-bond donors (Lipinski definition) is 3. The van der Waals surface area contributed by atoms with E-state index in [-0.39, 0.29) is 28.6 Å². The molecule has 1 saturated heterocycles. The predicted octanol–water partition coefficient (Wildman–Crippen LogP) is 4.60. The highest BCUT2D eigenvalue weighted by molar-refractivity contribution is 5.97. The van der Waals surface area contributed by atoms with E-state index in [1.807, 2.05) is 11.8 Å². The van der Waals surface area contributed by atoms with Crippen LogP contribution in [-0.4, -0.2) is 47.2 Å². The number of anilines is 3. The summed E-state index contributed by atoms with van der Waals surface area (Å²) in [6, 6.07) is 5.57. The molecule has 1 aliphatic heterocycles. The molecule has 1 atom stereocenters. The molecule has 1 fully saturated rings. The topological polar surface area (TPSA) is 89.9 Å². The number of nitrogens with one attached hydrogen (secondary N) is 3. The van der Waals surface area contributed by atoms with Gasteiger partial charge in [-0.3, -0.25) is 5.10 Å². The van der Waals surface area contributed by atoms with Gasteiger partial charge in [0.2, 0.25) is 0 Å². The summed E-state index contributed by atoms with van der Waals surface area (Å²) in [4.78, 5) is 6.52. The molecule has 32 heavy (non-hydrogen) atoms. The largest absolute Gasteiger partial charge is 0.417 e. The van der Waals surface area contributed by atoms with Crippen LogP contribution in [0, 0.1) is 11.2 Å². The zero-order valence-corrected chi connectivity index (χ0v) is 17.0. The Morgan fingerprint density at radius 1 is 1.25 bits per heavy atom. The molecule has 3 N–H and O–H groups in total. The van der Waals surface area contributed by atoms with Crippen LogP contribution in [0.5, 0.6) is 0 Å². The quantitative estimate of drug-likeness (QED) is 0.392. The number of alkyl halides is 3. The highest BCUT2D eigenvalue weighted by atomic mass is 19.4. The van der Waals surface area contributed by atoms with Crippen LogP contribution in [-0.2, 0) is 10.9 Å². The lowest BCUT2D eigenvalue weighted by atomic mass is 9.95. The molecule has 0 saturated carbocycles. The lowest BCUT2D eigenvalue weighted by Gasteiger charge is -2.35. The normalized spacial score (nSPS) is 16.8. The smallest absolute Gasteiger partial charge is 0.377 e. The van der Waals surface area contributed by atoms with Crippen LogP contribution in [0.4, 0.5) is 35.0 Å². The molecule has 1 aliphatic rings. The molecular weight excluding hydrogens is 428 g/mol. The van der Waals surface area contributed by atoms with E-state index < -0.39 is 17.6 Å². The molecule has 0 bridgehead atoms. The number of pyridine rings is 1. The van der Waals surface area contributed by atoms with Crippen molar-refractivity contribution in [2.75, 3.05) is 30.0 Å². The van der Waals surface area contributed by atoms with Crippen molar-refractivity contribution in [1.82, 2.24) is 15.2 Å². The molecule has 11 heteroatoms. The second-order valence-corrected chi connectivity index (χ2v) is 7.33. The summed E-state index contributed by atoms with van der Waals surface area (Å²) < 4.78 is 60.5. The Bertz CT molecular complexity index is 1120. The molecule has 3 heterocycles. The van der Waals surface area contributed by atoms with Crippen LogP contribution < -0.4 is 10.2 Å². The van der Waals surface area contributed by atoms with Crippen LogP contribution in [0.25, 0.3) is 11.1 Å². The zero-order chi connectivity index (χ0) is 22.9. The Morgan fingerprint density at radius 2 is 2.06 bits per heavy atom. The minimum absolute atomic E-state index is 0.0646. The Labute approximate surface area is 180 Å². The molecule has 168 valence electrons. The number of hydrogen-bond acceptors (Lipinski definition) is 6. The van der Waals surface area contributed by atoms with Crippen LogP contribution >= 0.6 is 0 Å². The van der Waals surface area contributed by atoms with Gasteiger partial charge in [0.05, 0.1) is 31.0 Å². The number of H-pyrrole nitrogens is 1. The Balaban J connectivity index is 1.95. The van der Waals surface area contributed by atoms with Crippen molar-refractivity contribution in [2.24, 2.45) is 0 Å². The molecule has 1 aromatic carbocycles. The molecular formula is C21H20F4N6O. The average Bonchev–Trinajstić information content (AvgIpc) is 3.26. The van der Waals surface area contributed by atoms with Crippen molar-refractivity contribution >= 4 is 23.7 Å². The predicted molar refractivity (Wildman–Crippen MR) is 112 cm³/mol. The van der Waals surface area contributed by atoms with Crippen LogP contribution in [0.2, 0.25) is 0 Å². The van der Waals surface area contributed by atoms with Crippen molar-refractivity contribution < 1.29 is 22.3 Å². The highest BCUT2D eigenvalue weighted by Gasteiger charge is 2.35. The maximum atomic E-state index is 13.8. The summed E-state index contributed by atoms with van der Waals surface area (Å²) in [5.41, 5.74) is -1.13. The number of morpholine rings is 1. The zero-order valence-electron chi connectivity index (χ0n) is 17.0. The van der Waals surface area contributed by atoms with E-state index in [0.717, 1.165) is 18.3 Å². The van der Waals surface area contributed by atoms with E-state index in [1.54, 1.807) is 6.07 Å². The van der Waals surface area contributed by atoms with Gasteiger partial charge < -0.3 is 20.4 Å². The maximum absolute atomic E-state index is 13.8. The molecule has 2 aromatic heterocycles. The number of rotatable bonds is 5. The Morgan fingerprint density at radius 3 is 2.72 bits per heavy atom. The molecule has 0 radical (unpaired) electrons. The van der Waals surface area contributed by atoms with Gasteiger partial charge in [0.15, 0.2) is 0 Å². The fraction of sp³-hybridized carbons (Fsp3) is 0.286. The standard InChI is InChI=1S/C21H20F4N6O/c1-12-11-32-7-6-31(12)19-9-15(14-3-2-13(22)8-17(14)21(23,24)25)16(10-26)20(29-19)28-18-4-5-27-30-18/h2-5,8-10,12,26H,6-7,11H2,1H3,(H2,27,28,29,30)/t12-/m1/s1. The van der Waals surface area contributed by atoms with Crippen molar-refractivity contribution in [3.05, 3.63) is 53.5 Å². The van der Waals surface area contributed by atoms with Gasteiger partial charge >= 0.3 is 6.18 Å². The molecule has 0 spiro atoms. The Kier molecular flexibility index (Phi) is 5.83. The molecule has 0 aliphatic carbocycles. The van der Waals surface area contributed by atoms with Gasteiger partial charge in [-0.05, 0) is 36.2 Å². The SMILES string of the molecule is C[C@@H]1COCCN1c1cc(-c2ccc(F)cc2C(F)(F)F)c(C=N)c(Nc2ccn[nH]2)n1. The van der Waals surface area contributed by atoms with Gasteiger partial charge in [0.1, 0.15) is 23.3 Å². The first-order valence-corrected chi connectivity index (χ1v) is 9.81. The lowest BCUT2D eigenvalue weighted by Crippen LogP contribution is -2.44. The number of nitrogens with zero attached hydrogens (tertiary/aromatic N) is 3. The van der Waals surface area contributed by atoms with E-state index in [2.05, 4.69) is 20.5 Å². The third-order valence-corrected chi connectivity index (χ3v) is 5.18. The molecule has 7 nitrogen and oxygen atoms in total. The van der Waals surface area contributed by atoms with E-state index in [0.29, 0.717) is 37.5 Å². The van der Waals surface area contributed by atoms with Crippen molar-refractivity contribution in [1.29, 1.82) is 5.41 Å². The summed E-state index contributed by atoms with van der Waals surface area (Å²) >= 11 is 0. The second kappa shape index (κ2) is 8.58. The fourth-order valence-electron chi connectivity index (χ4n) is 3.66. The van der Waals surface area contributed by atoms with Crippen LogP contribution in [0.1, 0.15) is 18.1 Å². The van der Waals surface area contributed by atoms with Crippen molar-refractivity contribution in [3.63, 3.8) is 0 Å². The van der Waals surface area contributed by atoms with E-state index in [1.165, 1.54) is 12.3 Å². The number of benzene rings is 1. The third-order valence-electron chi connectivity index (χ3n) is 5.18. The molecule has 0 amide bonds. The van der Waals surface area contributed by atoms with Gasteiger partial charge in [-0.25, -0.2) is 9.37 Å². The third kappa shape index (κ3) is 4.28. The molecule has 4 rings (SSSR count). The van der Waals surface area contributed by atoms with Crippen molar-refractivity contribution in [2.45, 2.75) is 19.1 Å². The molecule has 0 unspecified atom stereocenters. The maximum Gasteiger partial charge on any atom is 0.417 e. The summed E-state index contributed by atoms with van der Waals surface area (Å²) in [5.74, 6) is 0.0481. The first-order valence-electron chi connectivity index (χ1n) is 9.81. The number of aromatic amines is 1. The lowest BCUT2D eigenvalue weighted by molar-refractivity contribution is -0.137. The van der Waals surface area contributed by atoms with Crippen LogP contribution in [0.15, 0.2) is 36.5 Å². The monoisotopic (exact) mass is 448 g/mol. The minimum atomic E-state index is -4.79. The minimum Gasteiger partial charge on any atom is -0.377 e. The summed E-state index contributed by atoms with van der Waals surface area (Å²) in [7, 11) is 0. The fourth-order valence-corrected chi connectivity index (χ4v) is 3.66. The van der Waals surface area contributed by atoms with Gasteiger partial charge in [0.25, 0.3) is 0 Å². The number of halogens is 4. The highest BCUT2D eigenvalue weighted by Crippen LogP contribution is 2.41. The first kappa shape index (κ1) is 21.8. The average molecular weight is 448 g/mol. The van der Waals surface area contributed by atoms with Gasteiger partial charge in [-0.1, -0.05) is 6.07 Å². The summed E-state index contributed by atoms with van der Waals surface area (Å²) in [5, 5.41) is 17.4.